The van der Waals surface area contributed by atoms with Crippen molar-refractivity contribution in [2.75, 3.05) is 6.54 Å². The molecule has 18 heavy (non-hydrogen) atoms. The van der Waals surface area contributed by atoms with E-state index in [0.717, 1.165) is 21.5 Å². The average Bonchev–Trinajstić information content (AvgIpc) is 2.72. The summed E-state index contributed by atoms with van der Waals surface area (Å²) in [5.41, 5.74) is 0. The van der Waals surface area contributed by atoms with Crippen molar-refractivity contribution in [3.05, 3.63) is 15.9 Å². The van der Waals surface area contributed by atoms with Crippen LogP contribution in [0.4, 0.5) is 0 Å². The topological polar surface area (TPSA) is 75.3 Å². The maximum absolute atomic E-state index is 11.9. The lowest BCUT2D eigenvalue weighted by Gasteiger charge is -2.13. The molecular formula is C10H15BrN2O3S2. The Morgan fingerprint density at radius 3 is 2.67 bits per heavy atom. The number of sulfonamides is 1. The molecule has 2 N–H and O–H groups in total. The summed E-state index contributed by atoms with van der Waals surface area (Å²) >= 11 is 4.30. The molecule has 0 spiro atoms. The highest BCUT2D eigenvalue weighted by Crippen LogP contribution is 2.25. The Kier molecular flexibility index (Phi) is 5.77. The Bertz CT molecular complexity index is 513. The maximum Gasteiger partial charge on any atom is 0.250 e. The SMILES string of the molecule is CCCNC(=O)[C@H](C)NS(=O)(=O)c1ccc(Br)s1. The number of carbonyl (C=O) groups is 1. The zero-order chi connectivity index (χ0) is 13.8. The lowest BCUT2D eigenvalue weighted by atomic mass is 10.3. The van der Waals surface area contributed by atoms with Crippen molar-refractivity contribution in [3.63, 3.8) is 0 Å². The third-order valence-electron chi connectivity index (χ3n) is 2.09. The lowest BCUT2D eigenvalue weighted by molar-refractivity contribution is -0.122. The smallest absolute Gasteiger partial charge is 0.250 e. The highest BCUT2D eigenvalue weighted by atomic mass is 79.9. The monoisotopic (exact) mass is 354 g/mol. The summed E-state index contributed by atoms with van der Waals surface area (Å²) in [7, 11) is -3.63. The molecule has 0 fully saturated rings. The first kappa shape index (κ1) is 15.6. The molecule has 1 aromatic rings. The van der Waals surface area contributed by atoms with E-state index in [1.54, 1.807) is 6.07 Å². The average molecular weight is 355 g/mol. The molecule has 102 valence electrons. The molecule has 0 aliphatic heterocycles. The summed E-state index contributed by atoms with van der Waals surface area (Å²) < 4.78 is 27.1. The van der Waals surface area contributed by atoms with Gasteiger partial charge in [-0.3, -0.25) is 4.79 Å². The molecule has 0 bridgehead atoms. The summed E-state index contributed by atoms with van der Waals surface area (Å²) in [6, 6.07) is 2.36. The van der Waals surface area contributed by atoms with Gasteiger partial charge in [0.1, 0.15) is 4.21 Å². The molecule has 0 aliphatic carbocycles. The molecule has 1 aromatic heterocycles. The Labute approximate surface area is 119 Å². The lowest BCUT2D eigenvalue weighted by Crippen LogP contribution is -2.44. The van der Waals surface area contributed by atoms with Gasteiger partial charge in [-0.1, -0.05) is 6.92 Å². The van der Waals surface area contributed by atoms with E-state index in [2.05, 4.69) is 26.0 Å². The molecular weight excluding hydrogens is 340 g/mol. The van der Waals surface area contributed by atoms with Crippen LogP contribution in [0.3, 0.4) is 0 Å². The van der Waals surface area contributed by atoms with Crippen molar-refractivity contribution in [1.29, 1.82) is 0 Å². The van der Waals surface area contributed by atoms with Crippen LogP contribution in [0.2, 0.25) is 0 Å². The molecule has 0 radical (unpaired) electrons. The van der Waals surface area contributed by atoms with E-state index in [1.165, 1.54) is 13.0 Å². The fraction of sp³-hybridized carbons (Fsp3) is 0.500. The van der Waals surface area contributed by atoms with Gasteiger partial charge in [-0.25, -0.2) is 8.42 Å². The van der Waals surface area contributed by atoms with Crippen LogP contribution in [0.5, 0.6) is 0 Å². The second-order valence-corrected chi connectivity index (χ2v) is 8.10. The van der Waals surface area contributed by atoms with Gasteiger partial charge in [-0.05, 0) is 41.4 Å². The zero-order valence-corrected chi connectivity index (χ0v) is 13.3. The molecule has 0 aromatic carbocycles. The van der Waals surface area contributed by atoms with E-state index < -0.39 is 16.1 Å². The normalized spacial score (nSPS) is 13.3. The second kappa shape index (κ2) is 6.65. The van der Waals surface area contributed by atoms with Gasteiger partial charge in [0, 0.05) is 6.54 Å². The summed E-state index contributed by atoms with van der Waals surface area (Å²) in [4.78, 5) is 11.6. The van der Waals surface area contributed by atoms with Gasteiger partial charge >= 0.3 is 0 Å². The van der Waals surface area contributed by atoms with Crippen molar-refractivity contribution in [3.8, 4) is 0 Å². The Balaban J connectivity index is 2.69. The number of hydrogen-bond acceptors (Lipinski definition) is 4. The van der Waals surface area contributed by atoms with E-state index in [4.69, 9.17) is 0 Å². The van der Waals surface area contributed by atoms with Crippen molar-refractivity contribution in [2.24, 2.45) is 0 Å². The highest BCUT2D eigenvalue weighted by Gasteiger charge is 2.22. The number of hydrogen-bond donors (Lipinski definition) is 2. The zero-order valence-electron chi connectivity index (χ0n) is 10.1. The maximum atomic E-state index is 11.9. The first-order valence-corrected chi connectivity index (χ1v) is 8.51. The van der Waals surface area contributed by atoms with Crippen LogP contribution in [0.25, 0.3) is 0 Å². The van der Waals surface area contributed by atoms with Gasteiger partial charge in [0.05, 0.1) is 9.83 Å². The van der Waals surface area contributed by atoms with E-state index >= 15 is 0 Å². The van der Waals surface area contributed by atoms with E-state index in [1.807, 2.05) is 6.92 Å². The summed E-state index contributed by atoms with van der Waals surface area (Å²) in [5.74, 6) is -0.323. The molecule has 1 rings (SSSR count). The molecule has 5 nitrogen and oxygen atoms in total. The Morgan fingerprint density at radius 1 is 1.50 bits per heavy atom. The Hall–Kier alpha value is -0.440. The van der Waals surface area contributed by atoms with Crippen LogP contribution in [-0.4, -0.2) is 26.9 Å². The van der Waals surface area contributed by atoms with Gasteiger partial charge < -0.3 is 5.32 Å². The standard InChI is InChI=1S/C10H15BrN2O3S2/c1-3-6-12-10(14)7(2)13-18(15,16)9-5-4-8(11)17-9/h4-5,7,13H,3,6H2,1-2H3,(H,12,14)/t7-/m0/s1. The van der Waals surface area contributed by atoms with Crippen molar-refractivity contribution in [2.45, 2.75) is 30.5 Å². The number of thiophene rings is 1. The van der Waals surface area contributed by atoms with Crippen molar-refractivity contribution >= 4 is 43.2 Å². The minimum absolute atomic E-state index is 0.185. The van der Waals surface area contributed by atoms with Crippen LogP contribution < -0.4 is 10.0 Å². The van der Waals surface area contributed by atoms with Crippen LogP contribution >= 0.6 is 27.3 Å². The first-order chi connectivity index (χ1) is 8.36. The third kappa shape index (κ3) is 4.34. The third-order valence-corrected chi connectivity index (χ3v) is 5.74. The number of amides is 1. The number of carbonyl (C=O) groups excluding carboxylic acids is 1. The second-order valence-electron chi connectivity index (χ2n) is 3.69. The highest BCUT2D eigenvalue weighted by molar-refractivity contribution is 9.11. The quantitative estimate of drug-likeness (QED) is 0.816. The summed E-state index contributed by atoms with van der Waals surface area (Å²) in [5, 5.41) is 2.64. The van der Waals surface area contributed by atoms with Gasteiger partial charge in [0.25, 0.3) is 10.0 Å². The van der Waals surface area contributed by atoms with Crippen molar-refractivity contribution in [1.82, 2.24) is 10.0 Å². The largest absolute Gasteiger partial charge is 0.355 e. The predicted molar refractivity (Wildman–Crippen MR) is 75.1 cm³/mol. The molecule has 1 heterocycles. The molecule has 0 unspecified atom stereocenters. The minimum atomic E-state index is -3.63. The van der Waals surface area contributed by atoms with Crippen molar-refractivity contribution < 1.29 is 13.2 Å². The predicted octanol–water partition coefficient (Wildman–Crippen LogP) is 1.70. The van der Waals surface area contributed by atoms with Crippen LogP contribution in [0.15, 0.2) is 20.1 Å². The molecule has 0 saturated carbocycles. The molecule has 0 aliphatic rings. The summed E-state index contributed by atoms with van der Waals surface area (Å²) in [6.07, 6.45) is 0.809. The minimum Gasteiger partial charge on any atom is -0.355 e. The van der Waals surface area contributed by atoms with Gasteiger partial charge in [-0.15, -0.1) is 11.3 Å². The van der Waals surface area contributed by atoms with E-state index in [0.29, 0.717) is 6.54 Å². The first-order valence-electron chi connectivity index (χ1n) is 5.42. The van der Waals surface area contributed by atoms with E-state index in [9.17, 15) is 13.2 Å². The van der Waals surface area contributed by atoms with Gasteiger partial charge in [0.2, 0.25) is 5.91 Å². The van der Waals surface area contributed by atoms with Gasteiger partial charge in [-0.2, -0.15) is 4.72 Å². The fourth-order valence-electron chi connectivity index (χ4n) is 1.19. The molecule has 1 atom stereocenters. The Morgan fingerprint density at radius 2 is 2.17 bits per heavy atom. The van der Waals surface area contributed by atoms with E-state index in [-0.39, 0.29) is 10.1 Å². The number of halogens is 1. The molecule has 1 amide bonds. The molecule has 8 heteroatoms. The molecule has 0 saturated heterocycles. The number of nitrogens with one attached hydrogen (secondary N) is 2. The summed E-state index contributed by atoms with van der Waals surface area (Å²) in [6.45, 7) is 3.99. The van der Waals surface area contributed by atoms with Crippen LogP contribution in [-0.2, 0) is 14.8 Å². The fourth-order valence-corrected chi connectivity index (χ4v) is 4.42. The van der Waals surface area contributed by atoms with Crippen LogP contribution in [0, 0.1) is 0 Å². The number of rotatable bonds is 6. The van der Waals surface area contributed by atoms with Gasteiger partial charge in [0.15, 0.2) is 0 Å². The van der Waals surface area contributed by atoms with Crippen LogP contribution in [0.1, 0.15) is 20.3 Å².